The summed E-state index contributed by atoms with van der Waals surface area (Å²) >= 11 is 0. The predicted octanol–water partition coefficient (Wildman–Crippen LogP) is 2.00. The topological polar surface area (TPSA) is 60.2 Å². The van der Waals surface area contributed by atoms with Crippen molar-refractivity contribution in [3.8, 4) is 0 Å². The van der Waals surface area contributed by atoms with Crippen molar-refractivity contribution < 1.29 is 9.53 Å². The number of benzene rings is 1. The monoisotopic (exact) mass is 302 g/mol. The number of ether oxygens (including phenoxy) is 1. The van der Waals surface area contributed by atoms with E-state index < -0.39 is 0 Å². The molecule has 0 N–H and O–H groups in total. The molecular formula is C16H22N4O2. The molecule has 1 unspecified atom stereocenters. The SMILES string of the molecule is COC1(C)CCCN(C(=O)c2ccc3c(c2)nnn3C)CC1. The van der Waals surface area contributed by atoms with Gasteiger partial charge in [-0.2, -0.15) is 0 Å². The van der Waals surface area contributed by atoms with Gasteiger partial charge in [-0.1, -0.05) is 5.21 Å². The third-order valence-corrected chi connectivity index (χ3v) is 4.68. The van der Waals surface area contributed by atoms with Gasteiger partial charge in [-0.15, -0.1) is 5.10 Å². The summed E-state index contributed by atoms with van der Waals surface area (Å²) < 4.78 is 7.30. The summed E-state index contributed by atoms with van der Waals surface area (Å²) in [6.07, 6.45) is 2.81. The predicted molar refractivity (Wildman–Crippen MR) is 83.7 cm³/mol. The molecular weight excluding hydrogens is 280 g/mol. The minimum Gasteiger partial charge on any atom is -0.378 e. The Morgan fingerprint density at radius 1 is 1.32 bits per heavy atom. The molecule has 0 radical (unpaired) electrons. The summed E-state index contributed by atoms with van der Waals surface area (Å²) in [7, 11) is 3.59. The highest BCUT2D eigenvalue weighted by atomic mass is 16.5. The van der Waals surface area contributed by atoms with E-state index in [1.54, 1.807) is 11.8 Å². The van der Waals surface area contributed by atoms with Crippen LogP contribution in [0.4, 0.5) is 0 Å². The number of hydrogen-bond donors (Lipinski definition) is 0. The number of amides is 1. The van der Waals surface area contributed by atoms with Gasteiger partial charge in [0, 0.05) is 32.8 Å². The highest BCUT2D eigenvalue weighted by molar-refractivity contribution is 5.97. The summed E-state index contributed by atoms with van der Waals surface area (Å²) in [5, 5.41) is 8.06. The lowest BCUT2D eigenvalue weighted by Gasteiger charge is -2.26. The Labute approximate surface area is 130 Å². The molecule has 118 valence electrons. The molecule has 1 aliphatic rings. The standard InChI is InChI=1S/C16H22N4O2/c1-16(22-3)7-4-9-20(10-8-16)15(21)12-5-6-14-13(11-12)17-18-19(14)2/h5-6,11H,4,7-10H2,1-3H3. The van der Waals surface area contributed by atoms with Crippen molar-refractivity contribution in [1.82, 2.24) is 19.9 Å². The van der Waals surface area contributed by atoms with Crippen LogP contribution in [0.2, 0.25) is 0 Å². The molecule has 1 aromatic heterocycles. The fraction of sp³-hybridized carbons (Fsp3) is 0.562. The molecule has 1 amide bonds. The molecule has 6 nitrogen and oxygen atoms in total. The molecule has 1 aliphatic heterocycles. The van der Waals surface area contributed by atoms with Crippen molar-refractivity contribution in [3.63, 3.8) is 0 Å². The van der Waals surface area contributed by atoms with Crippen molar-refractivity contribution in [2.75, 3.05) is 20.2 Å². The van der Waals surface area contributed by atoms with E-state index in [1.807, 2.05) is 30.1 Å². The van der Waals surface area contributed by atoms with E-state index in [0.29, 0.717) is 5.56 Å². The molecule has 0 aliphatic carbocycles. The van der Waals surface area contributed by atoms with Gasteiger partial charge in [-0.25, -0.2) is 4.68 Å². The van der Waals surface area contributed by atoms with Gasteiger partial charge >= 0.3 is 0 Å². The fourth-order valence-corrected chi connectivity index (χ4v) is 3.02. The Bertz CT molecular complexity index is 697. The zero-order valence-corrected chi connectivity index (χ0v) is 13.4. The summed E-state index contributed by atoms with van der Waals surface area (Å²) in [4.78, 5) is 14.7. The zero-order chi connectivity index (χ0) is 15.7. The third-order valence-electron chi connectivity index (χ3n) is 4.68. The quantitative estimate of drug-likeness (QED) is 0.851. The number of rotatable bonds is 2. The second-order valence-electron chi connectivity index (χ2n) is 6.22. The van der Waals surface area contributed by atoms with Crippen LogP contribution in [0.3, 0.4) is 0 Å². The first-order valence-corrected chi connectivity index (χ1v) is 7.66. The molecule has 1 atom stereocenters. The van der Waals surface area contributed by atoms with Crippen LogP contribution in [-0.2, 0) is 11.8 Å². The highest BCUT2D eigenvalue weighted by Crippen LogP contribution is 2.26. The van der Waals surface area contributed by atoms with Crippen LogP contribution in [0, 0.1) is 0 Å². The fourth-order valence-electron chi connectivity index (χ4n) is 3.02. The average molecular weight is 302 g/mol. The van der Waals surface area contributed by atoms with Gasteiger partial charge in [0.25, 0.3) is 5.91 Å². The van der Waals surface area contributed by atoms with Gasteiger partial charge in [0.1, 0.15) is 5.52 Å². The van der Waals surface area contributed by atoms with E-state index in [1.165, 1.54) is 0 Å². The largest absolute Gasteiger partial charge is 0.378 e. The lowest BCUT2D eigenvalue weighted by Crippen LogP contribution is -2.34. The molecule has 1 aromatic carbocycles. The molecule has 22 heavy (non-hydrogen) atoms. The van der Waals surface area contributed by atoms with E-state index in [0.717, 1.165) is 43.4 Å². The maximum atomic E-state index is 12.7. The maximum absolute atomic E-state index is 12.7. The van der Waals surface area contributed by atoms with Crippen LogP contribution < -0.4 is 0 Å². The molecule has 1 saturated heterocycles. The van der Waals surface area contributed by atoms with Gasteiger partial charge in [0.15, 0.2) is 0 Å². The van der Waals surface area contributed by atoms with E-state index in [4.69, 9.17) is 4.74 Å². The van der Waals surface area contributed by atoms with Crippen LogP contribution in [-0.4, -0.2) is 51.6 Å². The zero-order valence-electron chi connectivity index (χ0n) is 13.4. The molecule has 0 saturated carbocycles. The molecule has 6 heteroatoms. The number of methoxy groups -OCH3 is 1. The van der Waals surface area contributed by atoms with Crippen molar-refractivity contribution in [2.24, 2.45) is 7.05 Å². The smallest absolute Gasteiger partial charge is 0.253 e. The van der Waals surface area contributed by atoms with Gasteiger partial charge in [-0.3, -0.25) is 4.79 Å². The average Bonchev–Trinajstić information content (AvgIpc) is 2.78. The molecule has 1 fully saturated rings. The summed E-state index contributed by atoms with van der Waals surface area (Å²) in [5.41, 5.74) is 2.24. The molecule has 0 spiro atoms. The van der Waals surface area contributed by atoms with Gasteiger partial charge < -0.3 is 9.64 Å². The first-order valence-electron chi connectivity index (χ1n) is 7.66. The second-order valence-corrected chi connectivity index (χ2v) is 6.22. The third kappa shape index (κ3) is 2.70. The number of likely N-dealkylation sites (tertiary alicyclic amines) is 1. The van der Waals surface area contributed by atoms with Gasteiger partial charge in [0.2, 0.25) is 0 Å². The van der Waals surface area contributed by atoms with Gasteiger partial charge in [0.05, 0.1) is 11.1 Å². The molecule has 0 bridgehead atoms. The summed E-state index contributed by atoms with van der Waals surface area (Å²) in [6, 6.07) is 5.58. The maximum Gasteiger partial charge on any atom is 0.253 e. The first kappa shape index (κ1) is 15.0. The molecule has 3 rings (SSSR count). The lowest BCUT2D eigenvalue weighted by atomic mass is 9.97. The van der Waals surface area contributed by atoms with Crippen LogP contribution in [0.1, 0.15) is 36.5 Å². The Hall–Kier alpha value is -1.95. The number of carbonyl (C=O) groups excluding carboxylic acids is 1. The Morgan fingerprint density at radius 3 is 2.91 bits per heavy atom. The van der Waals surface area contributed by atoms with E-state index in [2.05, 4.69) is 17.2 Å². The second kappa shape index (κ2) is 5.68. The Morgan fingerprint density at radius 2 is 2.14 bits per heavy atom. The number of hydrogen-bond acceptors (Lipinski definition) is 4. The van der Waals surface area contributed by atoms with Crippen LogP contribution in [0.5, 0.6) is 0 Å². The number of aromatic nitrogens is 3. The van der Waals surface area contributed by atoms with E-state index in [9.17, 15) is 4.79 Å². The number of aryl methyl sites for hydroxylation is 1. The highest BCUT2D eigenvalue weighted by Gasteiger charge is 2.29. The number of fused-ring (bicyclic) bond motifs is 1. The molecule has 2 aromatic rings. The van der Waals surface area contributed by atoms with Crippen LogP contribution >= 0.6 is 0 Å². The molecule has 2 heterocycles. The summed E-state index contributed by atoms with van der Waals surface area (Å²) in [5.74, 6) is 0.0629. The van der Waals surface area contributed by atoms with Gasteiger partial charge in [-0.05, 0) is 44.4 Å². The van der Waals surface area contributed by atoms with E-state index >= 15 is 0 Å². The van der Waals surface area contributed by atoms with Crippen molar-refractivity contribution in [3.05, 3.63) is 23.8 Å². The lowest BCUT2D eigenvalue weighted by molar-refractivity contribution is -0.00537. The van der Waals surface area contributed by atoms with Crippen molar-refractivity contribution in [2.45, 2.75) is 31.8 Å². The van der Waals surface area contributed by atoms with Crippen LogP contribution in [0.25, 0.3) is 11.0 Å². The summed E-state index contributed by atoms with van der Waals surface area (Å²) in [6.45, 7) is 3.62. The minimum absolute atomic E-state index is 0.0629. The van der Waals surface area contributed by atoms with Crippen LogP contribution in [0.15, 0.2) is 18.2 Å². The Kier molecular flexibility index (Phi) is 3.87. The van der Waals surface area contributed by atoms with Crippen molar-refractivity contribution in [1.29, 1.82) is 0 Å². The van der Waals surface area contributed by atoms with E-state index in [-0.39, 0.29) is 11.5 Å². The van der Waals surface area contributed by atoms with Crippen molar-refractivity contribution >= 4 is 16.9 Å². The first-order chi connectivity index (χ1) is 10.5. The number of carbonyl (C=O) groups is 1. The Balaban J connectivity index is 1.80. The normalized spacial score (nSPS) is 22.8. The number of nitrogens with zero attached hydrogens (tertiary/aromatic N) is 4. The minimum atomic E-state index is -0.121.